The summed E-state index contributed by atoms with van der Waals surface area (Å²) in [6.07, 6.45) is 4.79. The van der Waals surface area contributed by atoms with Crippen molar-refractivity contribution in [1.29, 1.82) is 0 Å². The molecule has 1 aliphatic carbocycles. The summed E-state index contributed by atoms with van der Waals surface area (Å²) in [7, 11) is 0. The second kappa shape index (κ2) is 7.55. The van der Waals surface area contributed by atoms with Crippen molar-refractivity contribution >= 4 is 23.4 Å². The lowest BCUT2D eigenvalue weighted by Gasteiger charge is -2.26. The van der Waals surface area contributed by atoms with E-state index in [9.17, 15) is 4.79 Å². The van der Waals surface area contributed by atoms with E-state index in [1.807, 2.05) is 18.2 Å². The van der Waals surface area contributed by atoms with Gasteiger partial charge in [-0.3, -0.25) is 4.79 Å². The van der Waals surface area contributed by atoms with Crippen molar-refractivity contribution in [3.8, 4) is 0 Å². The van der Waals surface area contributed by atoms with E-state index in [2.05, 4.69) is 31.3 Å². The quantitative estimate of drug-likeness (QED) is 0.623. The first-order valence-electron chi connectivity index (χ1n) is 7.46. The maximum atomic E-state index is 10.9. The zero-order chi connectivity index (χ0) is 15.2. The molecule has 0 radical (unpaired) electrons. The van der Waals surface area contributed by atoms with Gasteiger partial charge in [0.1, 0.15) is 0 Å². The first kappa shape index (κ1) is 16.0. The topological polar surface area (TPSA) is 55.1 Å². The number of amides is 1. The van der Waals surface area contributed by atoms with Gasteiger partial charge in [0.25, 0.3) is 0 Å². The molecule has 1 amide bonds. The van der Waals surface area contributed by atoms with Gasteiger partial charge in [0.05, 0.1) is 5.75 Å². The Morgan fingerprint density at radius 2 is 2.19 bits per heavy atom. The van der Waals surface area contributed by atoms with Gasteiger partial charge in [0.2, 0.25) is 5.91 Å². The van der Waals surface area contributed by atoms with Crippen LogP contribution in [0.15, 0.2) is 40.8 Å². The van der Waals surface area contributed by atoms with Crippen LogP contribution in [0.4, 0.5) is 5.69 Å². The minimum atomic E-state index is -0.281. The average molecular weight is 304 g/mol. The Morgan fingerprint density at radius 1 is 1.43 bits per heavy atom. The van der Waals surface area contributed by atoms with Crippen molar-refractivity contribution in [3.63, 3.8) is 0 Å². The van der Waals surface area contributed by atoms with Gasteiger partial charge in [-0.1, -0.05) is 30.7 Å². The molecule has 0 saturated carbocycles. The number of nitrogens with two attached hydrogens (primary N) is 1. The van der Waals surface area contributed by atoms with Crippen molar-refractivity contribution in [3.05, 3.63) is 35.9 Å². The molecule has 2 rings (SSSR count). The summed E-state index contributed by atoms with van der Waals surface area (Å²) < 4.78 is 0. The zero-order valence-electron chi connectivity index (χ0n) is 12.8. The van der Waals surface area contributed by atoms with Crippen molar-refractivity contribution in [2.24, 2.45) is 17.6 Å². The first-order valence-corrected chi connectivity index (χ1v) is 8.44. The molecule has 1 aliphatic rings. The van der Waals surface area contributed by atoms with E-state index in [0.29, 0.717) is 17.6 Å². The van der Waals surface area contributed by atoms with Gasteiger partial charge < -0.3 is 11.1 Å². The average Bonchev–Trinajstić information content (AvgIpc) is 2.42. The van der Waals surface area contributed by atoms with E-state index in [1.54, 1.807) is 0 Å². The molecule has 0 aliphatic heterocycles. The fourth-order valence-corrected chi connectivity index (χ4v) is 3.75. The molecule has 1 aromatic rings. The highest BCUT2D eigenvalue weighted by molar-refractivity contribution is 8.00. The minimum Gasteiger partial charge on any atom is -0.384 e. The van der Waals surface area contributed by atoms with Gasteiger partial charge in [0, 0.05) is 17.1 Å². The number of para-hydroxylation sites is 1. The van der Waals surface area contributed by atoms with Crippen LogP contribution < -0.4 is 11.1 Å². The minimum absolute atomic E-state index is 0.281. The molecule has 0 fully saturated rings. The summed E-state index contributed by atoms with van der Waals surface area (Å²) in [4.78, 5) is 12.0. The number of thioether (sulfide) groups is 1. The van der Waals surface area contributed by atoms with Crippen LogP contribution in [-0.4, -0.2) is 18.2 Å². The maximum Gasteiger partial charge on any atom is 0.227 e. The highest BCUT2D eigenvalue weighted by Gasteiger charge is 2.18. The third kappa shape index (κ3) is 5.12. The molecule has 0 saturated heterocycles. The second-order valence-corrected chi connectivity index (χ2v) is 6.95. The Balaban J connectivity index is 1.94. The molecule has 2 atom stereocenters. The molecule has 3 N–H and O–H groups in total. The predicted molar refractivity (Wildman–Crippen MR) is 90.5 cm³/mol. The molecule has 21 heavy (non-hydrogen) atoms. The lowest BCUT2D eigenvalue weighted by molar-refractivity contribution is -0.115. The van der Waals surface area contributed by atoms with E-state index in [0.717, 1.165) is 17.1 Å². The third-order valence-corrected chi connectivity index (χ3v) is 4.82. The van der Waals surface area contributed by atoms with Gasteiger partial charge in [-0.2, -0.15) is 0 Å². The predicted octanol–water partition coefficient (Wildman–Crippen LogP) is 3.67. The number of hydrogen-bond donors (Lipinski definition) is 2. The summed E-state index contributed by atoms with van der Waals surface area (Å²) in [6.45, 7) is 5.48. The molecular formula is C17H24N2OS. The van der Waals surface area contributed by atoms with Gasteiger partial charge in [-0.05, 0) is 43.7 Å². The largest absolute Gasteiger partial charge is 0.384 e. The number of hydrogen-bond acceptors (Lipinski definition) is 3. The lowest BCUT2D eigenvalue weighted by Crippen LogP contribution is -2.20. The van der Waals surface area contributed by atoms with Crippen molar-refractivity contribution in [2.45, 2.75) is 31.6 Å². The number of primary amides is 1. The Labute approximate surface area is 131 Å². The Kier molecular flexibility index (Phi) is 5.74. The zero-order valence-corrected chi connectivity index (χ0v) is 13.6. The third-order valence-electron chi connectivity index (χ3n) is 3.72. The van der Waals surface area contributed by atoms with Crippen LogP contribution in [0.25, 0.3) is 0 Å². The van der Waals surface area contributed by atoms with Crippen LogP contribution in [0, 0.1) is 11.8 Å². The van der Waals surface area contributed by atoms with Crippen LogP contribution in [0.5, 0.6) is 0 Å². The van der Waals surface area contributed by atoms with Crippen molar-refractivity contribution in [1.82, 2.24) is 0 Å². The first-order chi connectivity index (χ1) is 10.0. The second-order valence-electron chi connectivity index (χ2n) is 5.93. The number of benzene rings is 1. The fraction of sp³-hybridized carbons (Fsp3) is 0.471. The summed E-state index contributed by atoms with van der Waals surface area (Å²) in [5.41, 5.74) is 7.82. The number of allylic oxidation sites excluding steroid dienone is 2. The Hall–Kier alpha value is -1.42. The van der Waals surface area contributed by atoms with Gasteiger partial charge in [0.15, 0.2) is 0 Å². The smallest absolute Gasteiger partial charge is 0.227 e. The molecule has 2 unspecified atom stereocenters. The number of rotatable bonds is 6. The highest BCUT2D eigenvalue weighted by Crippen LogP contribution is 2.30. The van der Waals surface area contributed by atoms with E-state index in [4.69, 9.17) is 5.73 Å². The summed E-state index contributed by atoms with van der Waals surface area (Å²) in [6, 6.07) is 8.11. The number of nitrogens with one attached hydrogen (secondary N) is 1. The van der Waals surface area contributed by atoms with Crippen LogP contribution in [-0.2, 0) is 4.79 Å². The van der Waals surface area contributed by atoms with E-state index < -0.39 is 0 Å². The number of carbonyl (C=O) groups is 1. The molecular weight excluding hydrogens is 280 g/mol. The van der Waals surface area contributed by atoms with Crippen LogP contribution in [0.1, 0.15) is 26.7 Å². The SMILES string of the molecule is CC1=CC(C)CC(CNc2ccccc2SCC(N)=O)C1. The molecule has 0 spiro atoms. The molecule has 4 heteroatoms. The van der Waals surface area contributed by atoms with E-state index >= 15 is 0 Å². The van der Waals surface area contributed by atoms with Crippen molar-refractivity contribution in [2.75, 3.05) is 17.6 Å². The van der Waals surface area contributed by atoms with Crippen LogP contribution >= 0.6 is 11.8 Å². The van der Waals surface area contributed by atoms with Crippen LogP contribution in [0.3, 0.4) is 0 Å². The molecule has 114 valence electrons. The number of carbonyl (C=O) groups excluding carboxylic acids is 1. The normalized spacial score (nSPS) is 21.7. The fourth-order valence-electron chi connectivity index (χ4n) is 2.98. The number of anilines is 1. The molecule has 1 aromatic carbocycles. The molecule has 0 heterocycles. The van der Waals surface area contributed by atoms with E-state index in [1.165, 1.54) is 30.2 Å². The lowest BCUT2D eigenvalue weighted by atomic mass is 9.84. The summed E-state index contributed by atoms with van der Waals surface area (Å²) in [5.74, 6) is 1.39. The Morgan fingerprint density at radius 3 is 2.90 bits per heavy atom. The van der Waals surface area contributed by atoms with E-state index in [-0.39, 0.29) is 5.91 Å². The summed E-state index contributed by atoms with van der Waals surface area (Å²) >= 11 is 1.49. The highest BCUT2D eigenvalue weighted by atomic mass is 32.2. The molecule has 3 nitrogen and oxygen atoms in total. The maximum absolute atomic E-state index is 10.9. The Bertz CT molecular complexity index is 527. The van der Waals surface area contributed by atoms with Gasteiger partial charge in [-0.15, -0.1) is 11.8 Å². The molecule has 0 bridgehead atoms. The van der Waals surface area contributed by atoms with Crippen LogP contribution in [0.2, 0.25) is 0 Å². The molecule has 0 aromatic heterocycles. The van der Waals surface area contributed by atoms with Gasteiger partial charge >= 0.3 is 0 Å². The summed E-state index contributed by atoms with van der Waals surface area (Å²) in [5, 5.41) is 3.55. The standard InChI is InChI=1S/C17H24N2OS/c1-12-7-13(2)9-14(8-12)10-19-15-5-3-4-6-16(15)21-11-17(18)20/h3-7,12,14,19H,8-11H2,1-2H3,(H2,18,20). The monoisotopic (exact) mass is 304 g/mol. The van der Waals surface area contributed by atoms with Crippen molar-refractivity contribution < 1.29 is 4.79 Å². The van der Waals surface area contributed by atoms with Gasteiger partial charge in [-0.25, -0.2) is 0 Å².